The molecule has 0 spiro atoms. The van der Waals surface area contributed by atoms with E-state index in [0.717, 1.165) is 11.1 Å². The molecule has 35 heavy (non-hydrogen) atoms. The average molecular weight is 540 g/mol. The molecule has 1 aliphatic rings. The number of nitrogens with one attached hydrogen (secondary N) is 3. The first kappa shape index (κ1) is 25.7. The molecule has 9 nitrogen and oxygen atoms in total. The Labute approximate surface area is 214 Å². The van der Waals surface area contributed by atoms with Gasteiger partial charge in [0.25, 0.3) is 0 Å². The third-order valence-corrected chi connectivity index (χ3v) is 8.67. The van der Waals surface area contributed by atoms with Crippen LogP contribution in [0.3, 0.4) is 0 Å². The smallest absolute Gasteiger partial charge is 0.329 e. The van der Waals surface area contributed by atoms with Crippen LogP contribution in [0.5, 0.6) is 0 Å². The zero-order valence-electron chi connectivity index (χ0n) is 19.3. The van der Waals surface area contributed by atoms with Gasteiger partial charge in [0, 0.05) is 38.1 Å². The third-order valence-electron chi connectivity index (χ3n) is 6.42. The van der Waals surface area contributed by atoms with Crippen molar-refractivity contribution in [1.29, 1.82) is 0 Å². The van der Waals surface area contributed by atoms with Gasteiger partial charge in [-0.25, -0.2) is 9.52 Å². The van der Waals surface area contributed by atoms with E-state index >= 15 is 0 Å². The molecule has 1 aliphatic heterocycles. The first-order valence-corrected chi connectivity index (χ1v) is 13.2. The summed E-state index contributed by atoms with van der Waals surface area (Å²) in [5, 5.41) is 18.4. The largest absolute Gasteiger partial charge is 0.373 e. The minimum absolute atomic E-state index is 0.0108. The maximum Gasteiger partial charge on any atom is 0.329 e. The fraction of sp³-hybridized carbons (Fsp3) is 0.348. The summed E-state index contributed by atoms with van der Waals surface area (Å²) in [5.74, 6) is 0. The Morgan fingerprint density at radius 1 is 1.17 bits per heavy atom. The van der Waals surface area contributed by atoms with E-state index in [1.54, 1.807) is 12.1 Å². The van der Waals surface area contributed by atoms with Gasteiger partial charge in [-0.05, 0) is 36.6 Å². The van der Waals surface area contributed by atoms with Crippen LogP contribution in [0.2, 0.25) is 10.0 Å². The van der Waals surface area contributed by atoms with Crippen molar-refractivity contribution < 1.29 is 18.3 Å². The van der Waals surface area contributed by atoms with Crippen LogP contribution in [0.4, 0.5) is 4.79 Å². The quantitative estimate of drug-likeness (QED) is 0.359. The number of amides is 2. The number of aliphatic hydroxyl groups is 1. The molecule has 4 rings (SSSR count). The van der Waals surface area contributed by atoms with Gasteiger partial charge in [0.1, 0.15) is 6.23 Å². The van der Waals surface area contributed by atoms with Crippen molar-refractivity contribution in [2.75, 3.05) is 20.1 Å². The Morgan fingerprint density at radius 2 is 1.89 bits per heavy atom. The number of halogens is 2. The Bertz CT molecular complexity index is 1350. The molecular weight excluding hydrogens is 513 g/mol. The molecule has 0 aliphatic carbocycles. The number of aryl methyl sites for hydroxylation is 1. The Morgan fingerprint density at radius 3 is 2.57 bits per heavy atom. The van der Waals surface area contributed by atoms with Crippen LogP contribution >= 0.6 is 23.2 Å². The molecule has 2 unspecified atom stereocenters. The lowest BCUT2D eigenvalue weighted by molar-refractivity contribution is 0.0568. The normalized spacial score (nSPS) is 20.0. The highest BCUT2D eigenvalue weighted by molar-refractivity contribution is 7.87. The van der Waals surface area contributed by atoms with E-state index < -0.39 is 28.0 Å². The van der Waals surface area contributed by atoms with Crippen molar-refractivity contribution in [2.45, 2.75) is 24.6 Å². The van der Waals surface area contributed by atoms with Crippen LogP contribution in [-0.2, 0) is 22.8 Å². The molecule has 4 N–H and O–H groups in total. The van der Waals surface area contributed by atoms with Gasteiger partial charge >= 0.3 is 16.2 Å². The predicted octanol–water partition coefficient (Wildman–Crippen LogP) is 3.23. The standard InChI is InChI=1S/C23H27Cl2N5O4S/c1-26-22(32)28-35(33,34)30-12-6-11-23(14-30,15-7-4-3-5-8-15)27-21(31)19-13-16-18(29(19)2)10-9-17(24)20(16)25/h3-5,7-10,13,21,27,31H,6,11-12,14H2,1-2H3,(H2,26,28,32). The van der Waals surface area contributed by atoms with Gasteiger partial charge in [0.2, 0.25) is 0 Å². The minimum atomic E-state index is -4.10. The molecular formula is C23H27Cl2N5O4S. The second-order valence-corrected chi connectivity index (χ2v) is 11.0. The second-order valence-electron chi connectivity index (χ2n) is 8.54. The van der Waals surface area contributed by atoms with E-state index in [0.29, 0.717) is 34.0 Å². The van der Waals surface area contributed by atoms with Crippen LogP contribution in [0.1, 0.15) is 30.3 Å². The zero-order chi connectivity index (χ0) is 25.4. The van der Waals surface area contributed by atoms with Gasteiger partial charge in [-0.1, -0.05) is 53.5 Å². The van der Waals surface area contributed by atoms with Crippen LogP contribution < -0.4 is 15.4 Å². The number of fused-ring (bicyclic) bond motifs is 1. The van der Waals surface area contributed by atoms with Crippen molar-refractivity contribution in [1.82, 2.24) is 24.2 Å². The van der Waals surface area contributed by atoms with Crippen molar-refractivity contribution in [3.63, 3.8) is 0 Å². The first-order chi connectivity index (χ1) is 16.6. The molecule has 1 saturated heterocycles. The van der Waals surface area contributed by atoms with E-state index in [4.69, 9.17) is 23.2 Å². The lowest BCUT2D eigenvalue weighted by Gasteiger charge is -2.44. The number of hydrogen-bond donors (Lipinski definition) is 4. The monoisotopic (exact) mass is 539 g/mol. The fourth-order valence-corrected chi connectivity index (χ4v) is 6.22. The molecule has 0 radical (unpaired) electrons. The number of rotatable bonds is 6. The second kappa shape index (κ2) is 9.96. The van der Waals surface area contributed by atoms with E-state index in [1.807, 2.05) is 52.7 Å². The number of hydrogen-bond acceptors (Lipinski definition) is 5. The van der Waals surface area contributed by atoms with Crippen molar-refractivity contribution in [3.8, 4) is 0 Å². The number of carbonyl (C=O) groups excluding carboxylic acids is 1. The molecule has 0 bridgehead atoms. The Hall–Kier alpha value is -2.34. The highest BCUT2D eigenvalue weighted by atomic mass is 35.5. The summed E-state index contributed by atoms with van der Waals surface area (Å²) in [5.41, 5.74) is 1.24. The average Bonchev–Trinajstić information content (AvgIpc) is 3.19. The number of urea groups is 1. The maximum absolute atomic E-state index is 12.9. The molecule has 1 fully saturated rings. The van der Waals surface area contributed by atoms with Gasteiger partial charge in [-0.15, -0.1) is 0 Å². The first-order valence-electron chi connectivity index (χ1n) is 11.0. The lowest BCUT2D eigenvalue weighted by atomic mass is 9.82. The highest BCUT2D eigenvalue weighted by Crippen LogP contribution is 2.37. The molecule has 0 saturated carbocycles. The molecule has 2 atom stereocenters. The van der Waals surface area contributed by atoms with E-state index in [2.05, 4.69) is 10.6 Å². The fourth-order valence-electron chi connectivity index (χ4n) is 4.62. The van der Waals surface area contributed by atoms with Crippen LogP contribution in [0.15, 0.2) is 48.5 Å². The highest BCUT2D eigenvalue weighted by Gasteiger charge is 2.43. The predicted molar refractivity (Wildman–Crippen MR) is 136 cm³/mol. The number of benzene rings is 2. The minimum Gasteiger partial charge on any atom is -0.373 e. The maximum atomic E-state index is 12.9. The number of carbonyl (C=O) groups is 1. The third kappa shape index (κ3) is 5.00. The van der Waals surface area contributed by atoms with E-state index in [9.17, 15) is 18.3 Å². The van der Waals surface area contributed by atoms with E-state index in [1.165, 1.54) is 11.4 Å². The summed E-state index contributed by atoms with van der Waals surface area (Å²) >= 11 is 12.6. The van der Waals surface area contributed by atoms with Gasteiger partial charge in [0.15, 0.2) is 0 Å². The van der Waals surface area contributed by atoms with E-state index in [-0.39, 0.29) is 13.1 Å². The number of aromatic nitrogens is 1. The Balaban J connectivity index is 1.72. The molecule has 3 aromatic rings. The van der Waals surface area contributed by atoms with Crippen molar-refractivity contribution >= 4 is 50.3 Å². The van der Waals surface area contributed by atoms with Crippen LogP contribution in [0.25, 0.3) is 10.9 Å². The van der Waals surface area contributed by atoms with Crippen LogP contribution in [0, 0.1) is 0 Å². The summed E-state index contributed by atoms with van der Waals surface area (Å²) in [4.78, 5) is 11.7. The summed E-state index contributed by atoms with van der Waals surface area (Å²) in [7, 11) is -0.945. The summed E-state index contributed by atoms with van der Waals surface area (Å²) in [6.45, 7) is 0.248. The Kier molecular flexibility index (Phi) is 7.33. The topological polar surface area (TPSA) is 116 Å². The molecule has 2 heterocycles. The van der Waals surface area contributed by atoms with Crippen molar-refractivity contribution in [2.24, 2.45) is 7.05 Å². The van der Waals surface area contributed by atoms with Gasteiger partial charge in [0.05, 0.1) is 21.3 Å². The number of piperidine rings is 1. The SMILES string of the molecule is CNC(=O)NS(=O)(=O)N1CCCC(NC(O)c2cc3c(Cl)c(Cl)ccc3n2C)(c2ccccc2)C1. The van der Waals surface area contributed by atoms with Gasteiger partial charge in [-0.3, -0.25) is 5.32 Å². The van der Waals surface area contributed by atoms with Crippen LogP contribution in [-0.4, -0.2) is 48.6 Å². The van der Waals surface area contributed by atoms with Gasteiger partial charge < -0.3 is 15.0 Å². The summed E-state index contributed by atoms with van der Waals surface area (Å²) in [6.07, 6.45) is -0.0758. The molecule has 2 aromatic carbocycles. The number of nitrogens with zero attached hydrogens (tertiary/aromatic N) is 2. The molecule has 12 heteroatoms. The summed E-state index contributed by atoms with van der Waals surface area (Å²) in [6, 6.07) is 13.8. The molecule has 1 aromatic heterocycles. The number of aliphatic hydroxyl groups excluding tert-OH is 1. The summed E-state index contributed by atoms with van der Waals surface area (Å²) < 4.78 is 30.9. The van der Waals surface area contributed by atoms with Gasteiger partial charge in [-0.2, -0.15) is 12.7 Å². The molecule has 188 valence electrons. The zero-order valence-corrected chi connectivity index (χ0v) is 21.6. The molecule has 2 amide bonds. The van der Waals surface area contributed by atoms with Crippen molar-refractivity contribution in [3.05, 3.63) is 69.8 Å². The lowest BCUT2D eigenvalue weighted by Crippen LogP contribution is -2.59.